The number of carbonyl (C=O) groups is 1. The van der Waals surface area contributed by atoms with Gasteiger partial charge in [-0.25, -0.2) is 0 Å². The quantitative estimate of drug-likeness (QED) is 0.487. The van der Waals surface area contributed by atoms with Crippen LogP contribution in [0.15, 0.2) is 0 Å². The molecule has 76 valence electrons. The molecule has 1 saturated carbocycles. The van der Waals surface area contributed by atoms with E-state index in [2.05, 4.69) is 6.92 Å². The maximum Gasteiger partial charge on any atom is 0.308 e. The summed E-state index contributed by atoms with van der Waals surface area (Å²) in [5, 5.41) is 0. The van der Waals surface area contributed by atoms with Gasteiger partial charge in [0.05, 0.1) is 13.0 Å². The SMILES string of the molecule is CC[C@H]1CCC[C@H](C(=O)OC)CC1. The second kappa shape index (κ2) is 5.25. The van der Waals surface area contributed by atoms with Crippen molar-refractivity contribution in [1.29, 1.82) is 0 Å². The van der Waals surface area contributed by atoms with Crippen molar-refractivity contribution in [2.24, 2.45) is 11.8 Å². The summed E-state index contributed by atoms with van der Waals surface area (Å²) in [7, 11) is 1.49. The summed E-state index contributed by atoms with van der Waals surface area (Å²) in [5.41, 5.74) is 0. The van der Waals surface area contributed by atoms with Gasteiger partial charge in [0.1, 0.15) is 0 Å². The molecular formula is C11H20O2. The van der Waals surface area contributed by atoms with E-state index in [0.717, 1.165) is 18.8 Å². The van der Waals surface area contributed by atoms with Crippen LogP contribution in [0.4, 0.5) is 0 Å². The van der Waals surface area contributed by atoms with Crippen molar-refractivity contribution >= 4 is 5.97 Å². The van der Waals surface area contributed by atoms with Crippen molar-refractivity contribution in [3.8, 4) is 0 Å². The molecule has 0 bridgehead atoms. The third kappa shape index (κ3) is 3.02. The van der Waals surface area contributed by atoms with E-state index in [0.29, 0.717) is 0 Å². The van der Waals surface area contributed by atoms with E-state index in [9.17, 15) is 4.79 Å². The molecule has 0 saturated heterocycles. The molecule has 0 N–H and O–H groups in total. The van der Waals surface area contributed by atoms with E-state index in [-0.39, 0.29) is 11.9 Å². The van der Waals surface area contributed by atoms with Crippen LogP contribution in [0.1, 0.15) is 45.4 Å². The highest BCUT2D eigenvalue weighted by molar-refractivity contribution is 5.72. The predicted molar refractivity (Wildman–Crippen MR) is 52.4 cm³/mol. The van der Waals surface area contributed by atoms with Crippen LogP contribution in [0.3, 0.4) is 0 Å². The van der Waals surface area contributed by atoms with Crippen LogP contribution in [-0.2, 0) is 9.53 Å². The van der Waals surface area contributed by atoms with Crippen LogP contribution in [0.2, 0.25) is 0 Å². The number of ether oxygens (including phenoxy) is 1. The highest BCUT2D eigenvalue weighted by atomic mass is 16.5. The second-order valence-corrected chi connectivity index (χ2v) is 4.00. The lowest BCUT2D eigenvalue weighted by Gasteiger charge is -2.11. The van der Waals surface area contributed by atoms with Gasteiger partial charge in [0.15, 0.2) is 0 Å². The fraction of sp³-hybridized carbons (Fsp3) is 0.909. The lowest BCUT2D eigenvalue weighted by Crippen LogP contribution is -2.15. The molecule has 2 heteroatoms. The Kier molecular flexibility index (Phi) is 4.26. The standard InChI is InChI=1S/C11H20O2/c1-3-9-5-4-6-10(8-7-9)11(12)13-2/h9-10H,3-8H2,1-2H3/t9-,10-/m0/s1. The predicted octanol–water partition coefficient (Wildman–Crippen LogP) is 2.77. The summed E-state index contributed by atoms with van der Waals surface area (Å²) in [6, 6.07) is 0. The van der Waals surface area contributed by atoms with Gasteiger partial charge in [0.2, 0.25) is 0 Å². The Morgan fingerprint density at radius 1 is 1.31 bits per heavy atom. The second-order valence-electron chi connectivity index (χ2n) is 4.00. The highest BCUT2D eigenvalue weighted by Crippen LogP contribution is 2.29. The Morgan fingerprint density at radius 2 is 2.08 bits per heavy atom. The van der Waals surface area contributed by atoms with Gasteiger partial charge in [-0.1, -0.05) is 26.2 Å². The van der Waals surface area contributed by atoms with Gasteiger partial charge in [-0.3, -0.25) is 4.79 Å². The maximum atomic E-state index is 11.3. The van der Waals surface area contributed by atoms with Gasteiger partial charge in [-0.2, -0.15) is 0 Å². The molecule has 0 radical (unpaired) electrons. The molecule has 0 aliphatic heterocycles. The first-order valence-electron chi connectivity index (χ1n) is 5.35. The molecule has 1 aliphatic rings. The van der Waals surface area contributed by atoms with Crippen LogP contribution in [-0.4, -0.2) is 13.1 Å². The van der Waals surface area contributed by atoms with Crippen LogP contribution in [0, 0.1) is 11.8 Å². The van der Waals surface area contributed by atoms with Crippen molar-refractivity contribution in [3.05, 3.63) is 0 Å². The monoisotopic (exact) mass is 184 g/mol. The zero-order valence-electron chi connectivity index (χ0n) is 8.71. The maximum absolute atomic E-state index is 11.3. The molecule has 1 aliphatic carbocycles. The first-order valence-corrected chi connectivity index (χ1v) is 5.35. The number of esters is 1. The number of methoxy groups -OCH3 is 1. The third-order valence-electron chi connectivity index (χ3n) is 3.20. The Labute approximate surface area is 80.7 Å². The average molecular weight is 184 g/mol. The molecule has 0 heterocycles. The van der Waals surface area contributed by atoms with Crippen molar-refractivity contribution in [1.82, 2.24) is 0 Å². The van der Waals surface area contributed by atoms with E-state index >= 15 is 0 Å². The van der Waals surface area contributed by atoms with E-state index in [4.69, 9.17) is 4.74 Å². The van der Waals surface area contributed by atoms with Crippen molar-refractivity contribution in [3.63, 3.8) is 0 Å². The summed E-state index contributed by atoms with van der Waals surface area (Å²) < 4.78 is 4.78. The Morgan fingerprint density at radius 3 is 2.69 bits per heavy atom. The normalized spacial score (nSPS) is 29.4. The number of hydrogen-bond donors (Lipinski definition) is 0. The topological polar surface area (TPSA) is 26.3 Å². The van der Waals surface area contributed by atoms with Crippen LogP contribution in [0.25, 0.3) is 0 Å². The van der Waals surface area contributed by atoms with Gasteiger partial charge in [0, 0.05) is 0 Å². The minimum absolute atomic E-state index is 0.00301. The molecule has 0 unspecified atom stereocenters. The first kappa shape index (κ1) is 10.6. The fourth-order valence-electron chi connectivity index (χ4n) is 2.19. The molecule has 0 spiro atoms. The minimum atomic E-state index is -0.00301. The molecule has 0 aromatic rings. The van der Waals surface area contributed by atoms with Gasteiger partial charge in [-0.15, -0.1) is 0 Å². The van der Waals surface area contributed by atoms with Crippen molar-refractivity contribution in [2.75, 3.05) is 7.11 Å². The van der Waals surface area contributed by atoms with Gasteiger partial charge < -0.3 is 4.74 Å². The summed E-state index contributed by atoms with van der Waals surface area (Å²) in [6.07, 6.45) is 7.01. The van der Waals surface area contributed by atoms with Crippen molar-refractivity contribution < 1.29 is 9.53 Å². The van der Waals surface area contributed by atoms with Crippen LogP contribution >= 0.6 is 0 Å². The van der Waals surface area contributed by atoms with E-state index in [1.54, 1.807) is 0 Å². The van der Waals surface area contributed by atoms with Gasteiger partial charge >= 0.3 is 5.97 Å². The third-order valence-corrected chi connectivity index (χ3v) is 3.20. The Hall–Kier alpha value is -0.530. The zero-order valence-corrected chi connectivity index (χ0v) is 8.71. The zero-order chi connectivity index (χ0) is 9.68. The number of hydrogen-bond acceptors (Lipinski definition) is 2. The molecule has 1 rings (SSSR count). The molecule has 0 aromatic carbocycles. The molecule has 13 heavy (non-hydrogen) atoms. The van der Waals surface area contributed by atoms with Crippen LogP contribution < -0.4 is 0 Å². The smallest absolute Gasteiger partial charge is 0.308 e. The van der Waals surface area contributed by atoms with Gasteiger partial charge in [0.25, 0.3) is 0 Å². The van der Waals surface area contributed by atoms with E-state index in [1.165, 1.54) is 32.8 Å². The summed E-state index contributed by atoms with van der Waals surface area (Å²) in [4.78, 5) is 11.3. The van der Waals surface area contributed by atoms with E-state index < -0.39 is 0 Å². The van der Waals surface area contributed by atoms with E-state index in [1.807, 2.05) is 0 Å². The summed E-state index contributed by atoms with van der Waals surface area (Å²) >= 11 is 0. The average Bonchev–Trinajstić information content (AvgIpc) is 2.41. The first-order chi connectivity index (χ1) is 6.27. The minimum Gasteiger partial charge on any atom is -0.469 e. The Balaban J connectivity index is 2.40. The lowest BCUT2D eigenvalue weighted by atomic mass is 9.96. The van der Waals surface area contributed by atoms with Crippen molar-refractivity contribution in [2.45, 2.75) is 45.4 Å². The lowest BCUT2D eigenvalue weighted by molar-refractivity contribution is -0.145. The van der Waals surface area contributed by atoms with Gasteiger partial charge in [-0.05, 0) is 25.2 Å². The molecule has 2 nitrogen and oxygen atoms in total. The summed E-state index contributed by atoms with van der Waals surface area (Å²) in [5.74, 6) is 1.02. The number of rotatable bonds is 2. The molecular weight excluding hydrogens is 164 g/mol. The molecule has 0 aromatic heterocycles. The number of carbonyl (C=O) groups excluding carboxylic acids is 1. The molecule has 1 fully saturated rings. The molecule has 2 atom stereocenters. The Bertz CT molecular complexity index is 165. The van der Waals surface area contributed by atoms with Crippen LogP contribution in [0.5, 0.6) is 0 Å². The fourth-order valence-corrected chi connectivity index (χ4v) is 2.19. The highest BCUT2D eigenvalue weighted by Gasteiger charge is 2.23. The summed E-state index contributed by atoms with van der Waals surface area (Å²) in [6.45, 7) is 2.24. The molecule has 0 amide bonds. The largest absolute Gasteiger partial charge is 0.469 e.